The largest absolute Gasteiger partial charge is 0.490 e. The SMILES string of the molecule is O=C1OC(COc2ccccc2)CN1c1cccc(F)c1. The number of cyclic esters (lactones) is 1. The van der Waals surface area contributed by atoms with Gasteiger partial charge in [-0.15, -0.1) is 0 Å². The highest BCUT2D eigenvalue weighted by atomic mass is 19.1. The molecule has 1 aliphatic rings. The van der Waals surface area contributed by atoms with Crippen molar-refractivity contribution in [3.8, 4) is 5.75 Å². The maximum atomic E-state index is 13.2. The van der Waals surface area contributed by atoms with Gasteiger partial charge in [-0.1, -0.05) is 24.3 Å². The van der Waals surface area contributed by atoms with E-state index in [0.29, 0.717) is 12.2 Å². The number of benzene rings is 2. The summed E-state index contributed by atoms with van der Waals surface area (Å²) in [5, 5.41) is 0. The Morgan fingerprint density at radius 3 is 2.76 bits per heavy atom. The second kappa shape index (κ2) is 5.83. The molecule has 1 amide bonds. The molecule has 21 heavy (non-hydrogen) atoms. The summed E-state index contributed by atoms with van der Waals surface area (Å²) in [5.41, 5.74) is 0.488. The quantitative estimate of drug-likeness (QED) is 0.866. The zero-order valence-corrected chi connectivity index (χ0v) is 11.2. The molecule has 0 spiro atoms. The molecule has 108 valence electrons. The van der Waals surface area contributed by atoms with E-state index in [1.54, 1.807) is 12.1 Å². The van der Waals surface area contributed by atoms with Gasteiger partial charge in [0.15, 0.2) is 6.10 Å². The molecule has 1 saturated heterocycles. The lowest BCUT2D eigenvalue weighted by molar-refractivity contribution is 0.105. The monoisotopic (exact) mass is 287 g/mol. The van der Waals surface area contributed by atoms with Gasteiger partial charge in [0.25, 0.3) is 0 Å². The van der Waals surface area contributed by atoms with Crippen molar-refractivity contribution in [2.75, 3.05) is 18.1 Å². The molecule has 1 fully saturated rings. The number of carbonyl (C=O) groups is 1. The Labute approximate surface area is 121 Å². The highest BCUT2D eigenvalue weighted by molar-refractivity contribution is 5.89. The number of ether oxygens (including phenoxy) is 2. The van der Waals surface area contributed by atoms with E-state index < -0.39 is 6.09 Å². The van der Waals surface area contributed by atoms with Crippen LogP contribution in [0.2, 0.25) is 0 Å². The van der Waals surface area contributed by atoms with Crippen LogP contribution >= 0.6 is 0 Å². The normalized spacial score (nSPS) is 17.7. The first-order chi connectivity index (χ1) is 10.2. The van der Waals surface area contributed by atoms with E-state index in [-0.39, 0.29) is 18.5 Å². The van der Waals surface area contributed by atoms with Gasteiger partial charge in [-0.2, -0.15) is 0 Å². The molecule has 0 aliphatic carbocycles. The molecule has 0 aromatic heterocycles. The lowest BCUT2D eigenvalue weighted by Crippen LogP contribution is -2.26. The second-order valence-corrected chi connectivity index (χ2v) is 4.72. The van der Waals surface area contributed by atoms with Gasteiger partial charge in [0.2, 0.25) is 0 Å². The summed E-state index contributed by atoms with van der Waals surface area (Å²) in [6.07, 6.45) is -0.858. The number of rotatable bonds is 4. The van der Waals surface area contributed by atoms with Crippen LogP contribution in [0.15, 0.2) is 54.6 Å². The molecule has 2 aromatic carbocycles. The lowest BCUT2D eigenvalue weighted by atomic mass is 10.2. The van der Waals surface area contributed by atoms with Gasteiger partial charge in [0.05, 0.1) is 12.2 Å². The summed E-state index contributed by atoms with van der Waals surface area (Å²) >= 11 is 0. The minimum absolute atomic E-state index is 0.265. The minimum atomic E-state index is -0.484. The number of carbonyl (C=O) groups excluding carboxylic acids is 1. The summed E-state index contributed by atoms with van der Waals surface area (Å²) in [7, 11) is 0. The first-order valence-corrected chi connectivity index (χ1v) is 6.64. The zero-order chi connectivity index (χ0) is 14.7. The maximum Gasteiger partial charge on any atom is 0.414 e. The molecule has 1 atom stereocenters. The van der Waals surface area contributed by atoms with E-state index in [2.05, 4.69) is 0 Å². The van der Waals surface area contributed by atoms with E-state index in [1.807, 2.05) is 30.3 Å². The number of para-hydroxylation sites is 1. The van der Waals surface area contributed by atoms with Gasteiger partial charge in [0.1, 0.15) is 18.2 Å². The molecule has 0 bridgehead atoms. The van der Waals surface area contributed by atoms with Crippen molar-refractivity contribution in [3.05, 3.63) is 60.4 Å². The number of halogens is 1. The first-order valence-electron chi connectivity index (χ1n) is 6.64. The van der Waals surface area contributed by atoms with Crippen LogP contribution in [0.3, 0.4) is 0 Å². The van der Waals surface area contributed by atoms with E-state index in [1.165, 1.54) is 17.0 Å². The summed E-state index contributed by atoms with van der Waals surface area (Å²) in [5.74, 6) is 0.335. The Kier molecular flexibility index (Phi) is 3.73. The molecule has 4 nitrogen and oxygen atoms in total. The third kappa shape index (κ3) is 3.13. The number of amides is 1. The molecule has 5 heteroatoms. The summed E-state index contributed by atoms with van der Waals surface area (Å²) in [6, 6.07) is 15.2. The van der Waals surface area contributed by atoms with Gasteiger partial charge in [-0.3, -0.25) is 4.90 Å². The molecular formula is C16H14FNO3. The Balaban J connectivity index is 1.62. The fourth-order valence-electron chi connectivity index (χ4n) is 2.17. The third-order valence-corrected chi connectivity index (χ3v) is 3.17. The van der Waals surface area contributed by atoms with Gasteiger partial charge in [-0.05, 0) is 30.3 Å². The molecule has 1 heterocycles. The highest BCUT2D eigenvalue weighted by Gasteiger charge is 2.32. The number of hydrogen-bond donors (Lipinski definition) is 0. The number of anilines is 1. The van der Waals surface area contributed by atoms with E-state index >= 15 is 0 Å². The fourth-order valence-corrected chi connectivity index (χ4v) is 2.17. The lowest BCUT2D eigenvalue weighted by Gasteiger charge is -2.13. The van der Waals surface area contributed by atoms with E-state index in [4.69, 9.17) is 9.47 Å². The van der Waals surface area contributed by atoms with Crippen molar-refractivity contribution < 1.29 is 18.7 Å². The molecule has 1 unspecified atom stereocenters. The van der Waals surface area contributed by atoms with Crippen LogP contribution in [-0.2, 0) is 4.74 Å². The fraction of sp³-hybridized carbons (Fsp3) is 0.188. The van der Waals surface area contributed by atoms with Gasteiger partial charge >= 0.3 is 6.09 Å². The molecule has 0 N–H and O–H groups in total. The van der Waals surface area contributed by atoms with Crippen molar-refractivity contribution in [3.63, 3.8) is 0 Å². The van der Waals surface area contributed by atoms with E-state index in [0.717, 1.165) is 5.75 Å². The van der Waals surface area contributed by atoms with Crippen LogP contribution in [0.4, 0.5) is 14.9 Å². The Hall–Kier alpha value is -2.56. The average molecular weight is 287 g/mol. The van der Waals surface area contributed by atoms with Crippen LogP contribution in [0.25, 0.3) is 0 Å². The van der Waals surface area contributed by atoms with Crippen molar-refractivity contribution in [2.45, 2.75) is 6.10 Å². The Morgan fingerprint density at radius 2 is 2.00 bits per heavy atom. The van der Waals surface area contributed by atoms with Crippen molar-refractivity contribution >= 4 is 11.8 Å². The average Bonchev–Trinajstić information content (AvgIpc) is 2.87. The molecule has 3 rings (SSSR count). The van der Waals surface area contributed by atoms with Crippen LogP contribution in [-0.4, -0.2) is 25.3 Å². The molecule has 1 aliphatic heterocycles. The first kappa shape index (κ1) is 13.4. The Morgan fingerprint density at radius 1 is 1.19 bits per heavy atom. The van der Waals surface area contributed by atoms with Crippen LogP contribution in [0, 0.1) is 5.82 Å². The molecular weight excluding hydrogens is 273 g/mol. The van der Waals surface area contributed by atoms with Crippen LogP contribution < -0.4 is 9.64 Å². The van der Waals surface area contributed by atoms with E-state index in [9.17, 15) is 9.18 Å². The molecule has 0 saturated carbocycles. The minimum Gasteiger partial charge on any atom is -0.490 e. The number of nitrogens with zero attached hydrogens (tertiary/aromatic N) is 1. The smallest absolute Gasteiger partial charge is 0.414 e. The Bertz CT molecular complexity index is 632. The molecule has 2 aromatic rings. The summed E-state index contributed by atoms with van der Waals surface area (Å²) in [4.78, 5) is 13.2. The van der Waals surface area contributed by atoms with Crippen molar-refractivity contribution in [2.24, 2.45) is 0 Å². The maximum absolute atomic E-state index is 13.2. The second-order valence-electron chi connectivity index (χ2n) is 4.72. The van der Waals surface area contributed by atoms with Gasteiger partial charge < -0.3 is 9.47 Å². The topological polar surface area (TPSA) is 38.8 Å². The van der Waals surface area contributed by atoms with Crippen molar-refractivity contribution in [1.29, 1.82) is 0 Å². The standard InChI is InChI=1S/C16H14FNO3/c17-12-5-4-6-13(9-12)18-10-15(21-16(18)19)11-20-14-7-2-1-3-8-14/h1-9,15H,10-11H2. The summed E-state index contributed by atoms with van der Waals surface area (Å²) in [6.45, 7) is 0.608. The van der Waals surface area contributed by atoms with Crippen LogP contribution in [0.5, 0.6) is 5.75 Å². The highest BCUT2D eigenvalue weighted by Crippen LogP contribution is 2.22. The third-order valence-electron chi connectivity index (χ3n) is 3.17. The predicted molar refractivity (Wildman–Crippen MR) is 76.0 cm³/mol. The summed E-state index contributed by atoms with van der Waals surface area (Å²) < 4.78 is 24.0. The predicted octanol–water partition coefficient (Wildman–Crippen LogP) is 3.23. The van der Waals surface area contributed by atoms with Crippen molar-refractivity contribution in [1.82, 2.24) is 0 Å². The zero-order valence-electron chi connectivity index (χ0n) is 11.2. The molecule has 0 radical (unpaired) electrons. The van der Waals surface area contributed by atoms with Crippen LogP contribution in [0.1, 0.15) is 0 Å². The number of hydrogen-bond acceptors (Lipinski definition) is 3. The van der Waals surface area contributed by atoms with Gasteiger partial charge in [-0.25, -0.2) is 9.18 Å². The van der Waals surface area contributed by atoms with Gasteiger partial charge in [0, 0.05) is 0 Å².